The molecule has 0 unspecified atom stereocenters. The first-order valence-corrected chi connectivity index (χ1v) is 8.78. The quantitative estimate of drug-likeness (QED) is 0.321. The summed E-state index contributed by atoms with van der Waals surface area (Å²) < 4.78 is 1.82. The minimum absolute atomic E-state index is 0. The maximum atomic E-state index is 11.9. The van der Waals surface area contributed by atoms with Gasteiger partial charge in [-0.2, -0.15) is 5.10 Å². The van der Waals surface area contributed by atoms with E-state index in [1.165, 1.54) is 0 Å². The second-order valence-electron chi connectivity index (χ2n) is 6.57. The molecule has 0 aliphatic heterocycles. The van der Waals surface area contributed by atoms with Gasteiger partial charge in [0.1, 0.15) is 0 Å². The van der Waals surface area contributed by atoms with E-state index in [-0.39, 0.29) is 29.9 Å². The van der Waals surface area contributed by atoms with Crippen LogP contribution in [-0.2, 0) is 24.9 Å². The largest absolute Gasteiger partial charge is 0.352 e. The van der Waals surface area contributed by atoms with E-state index < -0.39 is 0 Å². The standard InChI is InChI=1S/C19H28N6O.HI/c1-14(2)10-18(26)24-16-7-5-6-15(11-16)12-21-19(20-3)22-13-17-8-9-23-25(17)4;/h5-9,11,14H,10,12-13H2,1-4H3,(H,24,26)(H2,20,21,22);1H. The van der Waals surface area contributed by atoms with Gasteiger partial charge in [-0.05, 0) is 29.7 Å². The second kappa shape index (κ2) is 11.6. The third-order valence-corrected chi connectivity index (χ3v) is 3.85. The number of hydrogen-bond donors (Lipinski definition) is 3. The zero-order chi connectivity index (χ0) is 18.9. The molecule has 0 spiro atoms. The molecule has 0 atom stereocenters. The maximum Gasteiger partial charge on any atom is 0.224 e. The highest BCUT2D eigenvalue weighted by Crippen LogP contribution is 2.12. The number of anilines is 1. The Balaban J connectivity index is 0.00000364. The molecule has 0 radical (unpaired) electrons. The number of guanidine groups is 1. The molecule has 2 rings (SSSR count). The first-order valence-electron chi connectivity index (χ1n) is 8.78. The van der Waals surface area contributed by atoms with Gasteiger partial charge in [-0.3, -0.25) is 14.5 Å². The van der Waals surface area contributed by atoms with Crippen molar-refractivity contribution < 1.29 is 4.79 Å². The summed E-state index contributed by atoms with van der Waals surface area (Å²) in [6.07, 6.45) is 2.29. The lowest BCUT2D eigenvalue weighted by Crippen LogP contribution is -2.36. The van der Waals surface area contributed by atoms with Crippen LogP contribution in [0, 0.1) is 5.92 Å². The summed E-state index contributed by atoms with van der Waals surface area (Å²) in [4.78, 5) is 16.1. The fourth-order valence-electron chi connectivity index (χ4n) is 2.50. The number of aryl methyl sites for hydroxylation is 1. The molecular weight excluding hydrogens is 455 g/mol. The van der Waals surface area contributed by atoms with Crippen LogP contribution in [0.15, 0.2) is 41.5 Å². The molecule has 1 aromatic heterocycles. The van der Waals surface area contributed by atoms with Crippen molar-refractivity contribution in [3.63, 3.8) is 0 Å². The van der Waals surface area contributed by atoms with Gasteiger partial charge < -0.3 is 16.0 Å². The number of rotatable bonds is 7. The van der Waals surface area contributed by atoms with Crippen molar-refractivity contribution >= 4 is 41.5 Å². The predicted molar refractivity (Wildman–Crippen MR) is 120 cm³/mol. The van der Waals surface area contributed by atoms with Crippen LogP contribution in [-0.4, -0.2) is 28.7 Å². The Morgan fingerprint density at radius 1 is 1.22 bits per heavy atom. The zero-order valence-electron chi connectivity index (χ0n) is 16.3. The monoisotopic (exact) mass is 484 g/mol. The fourth-order valence-corrected chi connectivity index (χ4v) is 2.50. The van der Waals surface area contributed by atoms with E-state index in [4.69, 9.17) is 0 Å². The number of aromatic nitrogens is 2. The number of benzene rings is 1. The summed E-state index contributed by atoms with van der Waals surface area (Å²) in [6.45, 7) is 5.31. The van der Waals surface area contributed by atoms with E-state index in [1.807, 2.05) is 55.9 Å². The fraction of sp³-hybridized carbons (Fsp3) is 0.421. The van der Waals surface area contributed by atoms with Gasteiger partial charge in [0, 0.05) is 38.9 Å². The summed E-state index contributed by atoms with van der Waals surface area (Å²) in [5.41, 5.74) is 2.95. The topological polar surface area (TPSA) is 83.3 Å². The van der Waals surface area contributed by atoms with Crippen LogP contribution in [0.25, 0.3) is 0 Å². The van der Waals surface area contributed by atoms with E-state index in [1.54, 1.807) is 13.2 Å². The lowest BCUT2D eigenvalue weighted by molar-refractivity contribution is -0.116. The van der Waals surface area contributed by atoms with Crippen molar-refractivity contribution in [2.75, 3.05) is 12.4 Å². The molecular formula is C19H29IN6O. The Kier molecular flexibility index (Phi) is 9.84. The van der Waals surface area contributed by atoms with E-state index >= 15 is 0 Å². The molecule has 0 aliphatic carbocycles. The van der Waals surface area contributed by atoms with Crippen LogP contribution in [0.2, 0.25) is 0 Å². The van der Waals surface area contributed by atoms with Crippen molar-refractivity contribution in [1.29, 1.82) is 0 Å². The molecule has 1 aromatic carbocycles. The molecule has 148 valence electrons. The summed E-state index contributed by atoms with van der Waals surface area (Å²) in [5.74, 6) is 1.09. The second-order valence-corrected chi connectivity index (χ2v) is 6.57. The Bertz CT molecular complexity index is 756. The molecule has 3 N–H and O–H groups in total. The lowest BCUT2D eigenvalue weighted by Gasteiger charge is -2.13. The van der Waals surface area contributed by atoms with Gasteiger partial charge in [-0.15, -0.1) is 24.0 Å². The number of nitrogens with zero attached hydrogens (tertiary/aromatic N) is 3. The van der Waals surface area contributed by atoms with E-state index in [0.29, 0.717) is 31.4 Å². The smallest absolute Gasteiger partial charge is 0.224 e. The highest BCUT2D eigenvalue weighted by atomic mass is 127. The molecule has 0 saturated heterocycles. The first kappa shape index (κ1) is 22.9. The Hall–Kier alpha value is -2.10. The Morgan fingerprint density at radius 2 is 1.96 bits per heavy atom. The molecule has 2 aromatic rings. The average molecular weight is 484 g/mol. The van der Waals surface area contributed by atoms with Gasteiger partial charge in [0.2, 0.25) is 5.91 Å². The Morgan fingerprint density at radius 3 is 2.59 bits per heavy atom. The number of halogens is 1. The van der Waals surface area contributed by atoms with E-state index in [9.17, 15) is 4.79 Å². The summed E-state index contributed by atoms with van der Waals surface area (Å²) in [5, 5.41) is 13.6. The van der Waals surface area contributed by atoms with Gasteiger partial charge >= 0.3 is 0 Å². The van der Waals surface area contributed by atoms with Crippen molar-refractivity contribution in [3.8, 4) is 0 Å². The minimum Gasteiger partial charge on any atom is -0.352 e. The van der Waals surface area contributed by atoms with Crippen molar-refractivity contribution in [2.24, 2.45) is 18.0 Å². The van der Waals surface area contributed by atoms with Gasteiger partial charge in [-0.25, -0.2) is 0 Å². The molecule has 8 heteroatoms. The maximum absolute atomic E-state index is 11.9. The van der Waals surface area contributed by atoms with Crippen molar-refractivity contribution in [2.45, 2.75) is 33.4 Å². The van der Waals surface area contributed by atoms with Crippen molar-refractivity contribution in [1.82, 2.24) is 20.4 Å². The van der Waals surface area contributed by atoms with Crippen LogP contribution in [0.3, 0.4) is 0 Å². The third kappa shape index (κ3) is 7.98. The first-order chi connectivity index (χ1) is 12.5. The van der Waals surface area contributed by atoms with E-state index in [0.717, 1.165) is 16.9 Å². The Labute approximate surface area is 178 Å². The number of hydrogen-bond acceptors (Lipinski definition) is 3. The van der Waals surface area contributed by atoms with Crippen LogP contribution in [0.5, 0.6) is 0 Å². The van der Waals surface area contributed by atoms with Crippen LogP contribution < -0.4 is 16.0 Å². The molecule has 1 amide bonds. The highest BCUT2D eigenvalue weighted by molar-refractivity contribution is 14.0. The number of carbonyl (C=O) groups excluding carboxylic acids is 1. The summed E-state index contributed by atoms with van der Waals surface area (Å²) >= 11 is 0. The molecule has 0 saturated carbocycles. The summed E-state index contributed by atoms with van der Waals surface area (Å²) in [7, 11) is 3.65. The number of carbonyl (C=O) groups is 1. The van der Waals surface area contributed by atoms with Crippen LogP contribution in [0.4, 0.5) is 5.69 Å². The van der Waals surface area contributed by atoms with Crippen LogP contribution >= 0.6 is 24.0 Å². The molecule has 7 nitrogen and oxygen atoms in total. The van der Waals surface area contributed by atoms with Crippen molar-refractivity contribution in [3.05, 3.63) is 47.8 Å². The molecule has 27 heavy (non-hydrogen) atoms. The van der Waals surface area contributed by atoms with Crippen LogP contribution in [0.1, 0.15) is 31.5 Å². The lowest BCUT2D eigenvalue weighted by atomic mass is 10.1. The molecule has 0 bridgehead atoms. The minimum atomic E-state index is 0. The molecule has 1 heterocycles. The zero-order valence-corrected chi connectivity index (χ0v) is 18.7. The number of nitrogens with one attached hydrogen (secondary N) is 3. The third-order valence-electron chi connectivity index (χ3n) is 3.85. The number of aliphatic imine (C=N–C) groups is 1. The van der Waals surface area contributed by atoms with Gasteiger partial charge in [0.15, 0.2) is 5.96 Å². The molecule has 0 aliphatic rings. The SMILES string of the molecule is CN=C(NCc1cccc(NC(=O)CC(C)C)c1)NCc1ccnn1C.I. The average Bonchev–Trinajstić information content (AvgIpc) is 2.99. The normalized spacial score (nSPS) is 11.1. The number of amides is 1. The van der Waals surface area contributed by atoms with Gasteiger partial charge in [0.25, 0.3) is 0 Å². The van der Waals surface area contributed by atoms with Gasteiger partial charge in [-0.1, -0.05) is 26.0 Å². The molecule has 0 fully saturated rings. The highest BCUT2D eigenvalue weighted by Gasteiger charge is 2.06. The summed E-state index contributed by atoms with van der Waals surface area (Å²) in [6, 6.07) is 9.79. The van der Waals surface area contributed by atoms with Gasteiger partial charge in [0.05, 0.1) is 12.2 Å². The predicted octanol–water partition coefficient (Wildman–Crippen LogP) is 2.89. The van der Waals surface area contributed by atoms with E-state index in [2.05, 4.69) is 26.0 Å².